The number of amides is 1. The number of carbonyl (C=O) groups is 1. The highest BCUT2D eigenvalue weighted by atomic mass is 35.5. The van der Waals surface area contributed by atoms with Crippen LogP contribution in [0.25, 0.3) is 0 Å². The Balaban J connectivity index is 0.00000208. The number of ether oxygens (including phenoxy) is 1. The normalized spacial score (nSPS) is 16.2. The van der Waals surface area contributed by atoms with Crippen LogP contribution >= 0.6 is 12.4 Å². The van der Waals surface area contributed by atoms with E-state index >= 15 is 0 Å². The van der Waals surface area contributed by atoms with Crippen LogP contribution in [0.3, 0.4) is 0 Å². The number of halogens is 1. The Hall–Kier alpha value is -2.04. The Morgan fingerprint density at radius 2 is 1.88 bits per heavy atom. The minimum Gasteiger partial charge on any atom is -0.491 e. The number of hydrogen-bond donors (Lipinski definition) is 2. The zero-order chi connectivity index (χ0) is 15.9. The molecule has 1 amide bonds. The van der Waals surface area contributed by atoms with Gasteiger partial charge in [-0.05, 0) is 30.7 Å². The van der Waals surface area contributed by atoms with Crippen LogP contribution < -0.4 is 15.4 Å². The Morgan fingerprint density at radius 3 is 2.62 bits per heavy atom. The first kappa shape index (κ1) is 18.3. The zero-order valence-corrected chi connectivity index (χ0v) is 14.4. The third-order valence-corrected chi connectivity index (χ3v) is 4.07. The lowest BCUT2D eigenvalue weighted by molar-refractivity contribution is -0.119. The van der Waals surface area contributed by atoms with Crippen LogP contribution in [0.15, 0.2) is 54.6 Å². The average molecular weight is 347 g/mol. The molecule has 1 heterocycles. The first-order valence-electron chi connectivity index (χ1n) is 8.10. The Bertz CT molecular complexity index is 643. The number of hydrogen-bond acceptors (Lipinski definition) is 3. The number of para-hydroxylation sites is 2. The summed E-state index contributed by atoms with van der Waals surface area (Å²) in [5, 5.41) is 6.21. The highest BCUT2D eigenvalue weighted by Crippen LogP contribution is 2.25. The lowest BCUT2D eigenvalue weighted by Crippen LogP contribution is -2.24. The van der Waals surface area contributed by atoms with E-state index in [0.717, 1.165) is 37.4 Å². The summed E-state index contributed by atoms with van der Waals surface area (Å²) >= 11 is 0. The van der Waals surface area contributed by atoms with Crippen molar-refractivity contribution >= 4 is 24.0 Å². The number of nitrogens with one attached hydrogen (secondary N) is 2. The molecule has 1 aliphatic heterocycles. The van der Waals surface area contributed by atoms with Gasteiger partial charge >= 0.3 is 0 Å². The molecule has 1 saturated heterocycles. The topological polar surface area (TPSA) is 50.4 Å². The lowest BCUT2D eigenvalue weighted by atomic mass is 10.1. The maximum atomic E-state index is 12.3. The Kier molecular flexibility index (Phi) is 7.09. The molecule has 2 aromatic carbocycles. The fourth-order valence-electron chi connectivity index (χ4n) is 2.73. The molecule has 0 saturated carbocycles. The average Bonchev–Trinajstić information content (AvgIpc) is 3.12. The molecule has 4 nitrogen and oxygen atoms in total. The van der Waals surface area contributed by atoms with E-state index in [9.17, 15) is 4.79 Å². The lowest BCUT2D eigenvalue weighted by Gasteiger charge is -2.14. The predicted octanol–water partition coefficient (Wildman–Crippen LogP) is 3.28. The number of carbonyl (C=O) groups excluding carboxylic acids is 1. The van der Waals surface area contributed by atoms with E-state index in [2.05, 4.69) is 22.8 Å². The smallest absolute Gasteiger partial charge is 0.228 e. The predicted molar refractivity (Wildman–Crippen MR) is 98.9 cm³/mol. The van der Waals surface area contributed by atoms with Crippen LogP contribution in [0.2, 0.25) is 0 Å². The summed E-state index contributed by atoms with van der Waals surface area (Å²) in [6, 6.07) is 17.8. The SMILES string of the molecule is Cl.O=C(Nc1ccccc1OCCc1ccccc1)C1CCNC1. The molecule has 0 aliphatic carbocycles. The molecule has 3 rings (SSSR count). The molecule has 1 fully saturated rings. The van der Waals surface area contributed by atoms with E-state index in [1.165, 1.54) is 5.56 Å². The van der Waals surface area contributed by atoms with Crippen LogP contribution in [0.5, 0.6) is 5.75 Å². The summed E-state index contributed by atoms with van der Waals surface area (Å²) in [5.74, 6) is 0.837. The van der Waals surface area contributed by atoms with Gasteiger partial charge in [0.05, 0.1) is 18.2 Å². The third kappa shape index (κ3) is 4.98. The summed E-state index contributed by atoms with van der Waals surface area (Å²) in [4.78, 5) is 12.3. The standard InChI is InChI=1S/C19H22N2O2.ClH/c22-19(16-10-12-20-14-16)21-17-8-4-5-9-18(17)23-13-11-15-6-2-1-3-7-15;/h1-9,16,20H,10-14H2,(H,21,22);1H. The number of rotatable bonds is 6. The van der Waals surface area contributed by atoms with Gasteiger partial charge in [-0.25, -0.2) is 0 Å². The van der Waals surface area contributed by atoms with E-state index in [1.807, 2.05) is 42.5 Å². The van der Waals surface area contributed by atoms with Crippen LogP contribution in [0.4, 0.5) is 5.69 Å². The number of anilines is 1. The highest BCUT2D eigenvalue weighted by Gasteiger charge is 2.23. The molecular formula is C19H23ClN2O2. The van der Waals surface area contributed by atoms with Gasteiger partial charge in [0.2, 0.25) is 5.91 Å². The first-order chi connectivity index (χ1) is 11.3. The van der Waals surface area contributed by atoms with Gasteiger partial charge in [0.1, 0.15) is 5.75 Å². The van der Waals surface area contributed by atoms with Crippen molar-refractivity contribution < 1.29 is 9.53 Å². The summed E-state index contributed by atoms with van der Waals surface area (Å²) in [5.41, 5.74) is 1.99. The van der Waals surface area contributed by atoms with E-state index in [1.54, 1.807) is 0 Å². The fourth-order valence-corrected chi connectivity index (χ4v) is 2.73. The van der Waals surface area contributed by atoms with Crippen LogP contribution in [-0.2, 0) is 11.2 Å². The number of benzene rings is 2. The van der Waals surface area contributed by atoms with Gasteiger partial charge in [-0.1, -0.05) is 42.5 Å². The van der Waals surface area contributed by atoms with Gasteiger partial charge in [-0.2, -0.15) is 0 Å². The molecular weight excluding hydrogens is 324 g/mol. The summed E-state index contributed by atoms with van der Waals surface area (Å²) in [6.45, 7) is 2.25. The molecule has 2 aromatic rings. The van der Waals surface area contributed by atoms with E-state index in [4.69, 9.17) is 4.74 Å². The largest absolute Gasteiger partial charge is 0.491 e. The van der Waals surface area contributed by atoms with Gasteiger partial charge < -0.3 is 15.4 Å². The van der Waals surface area contributed by atoms with Gasteiger partial charge in [0.25, 0.3) is 0 Å². The molecule has 0 bridgehead atoms. The maximum absolute atomic E-state index is 12.3. The van der Waals surface area contributed by atoms with Gasteiger partial charge in [-0.3, -0.25) is 4.79 Å². The monoisotopic (exact) mass is 346 g/mol. The van der Waals surface area contributed by atoms with E-state index in [0.29, 0.717) is 6.61 Å². The summed E-state index contributed by atoms with van der Waals surface area (Å²) < 4.78 is 5.87. The highest BCUT2D eigenvalue weighted by molar-refractivity contribution is 5.94. The van der Waals surface area contributed by atoms with E-state index in [-0.39, 0.29) is 24.2 Å². The second-order valence-corrected chi connectivity index (χ2v) is 5.76. The second kappa shape index (κ2) is 9.30. The molecule has 128 valence electrons. The van der Waals surface area contributed by atoms with Crippen molar-refractivity contribution in [3.8, 4) is 5.75 Å². The van der Waals surface area contributed by atoms with Gasteiger partial charge in [0, 0.05) is 13.0 Å². The van der Waals surface area contributed by atoms with Crippen molar-refractivity contribution in [3.63, 3.8) is 0 Å². The molecule has 24 heavy (non-hydrogen) atoms. The van der Waals surface area contributed by atoms with E-state index < -0.39 is 0 Å². The van der Waals surface area contributed by atoms with Crippen molar-refractivity contribution in [2.75, 3.05) is 25.0 Å². The van der Waals surface area contributed by atoms with Gasteiger partial charge in [-0.15, -0.1) is 12.4 Å². The Labute approximate surface area is 149 Å². The molecule has 1 unspecified atom stereocenters. The van der Waals surface area contributed by atoms with Crippen LogP contribution in [-0.4, -0.2) is 25.6 Å². The van der Waals surface area contributed by atoms with Crippen LogP contribution in [0, 0.1) is 5.92 Å². The van der Waals surface area contributed by atoms with Crippen molar-refractivity contribution in [1.29, 1.82) is 0 Å². The molecule has 0 radical (unpaired) electrons. The molecule has 1 aliphatic rings. The third-order valence-electron chi connectivity index (χ3n) is 4.07. The fraction of sp³-hybridized carbons (Fsp3) is 0.316. The van der Waals surface area contributed by atoms with Crippen LogP contribution in [0.1, 0.15) is 12.0 Å². The van der Waals surface area contributed by atoms with Crippen molar-refractivity contribution in [1.82, 2.24) is 5.32 Å². The molecule has 5 heteroatoms. The van der Waals surface area contributed by atoms with Crippen molar-refractivity contribution in [2.24, 2.45) is 5.92 Å². The Morgan fingerprint density at radius 1 is 1.12 bits per heavy atom. The molecule has 0 spiro atoms. The molecule has 0 aromatic heterocycles. The molecule has 1 atom stereocenters. The minimum atomic E-state index is 0. The quantitative estimate of drug-likeness (QED) is 0.844. The molecule has 2 N–H and O–H groups in total. The van der Waals surface area contributed by atoms with Crippen molar-refractivity contribution in [2.45, 2.75) is 12.8 Å². The maximum Gasteiger partial charge on any atom is 0.228 e. The van der Waals surface area contributed by atoms with Gasteiger partial charge in [0.15, 0.2) is 0 Å². The first-order valence-corrected chi connectivity index (χ1v) is 8.10. The minimum absolute atomic E-state index is 0. The summed E-state index contributed by atoms with van der Waals surface area (Å²) in [7, 11) is 0. The zero-order valence-electron chi connectivity index (χ0n) is 13.5. The summed E-state index contributed by atoms with van der Waals surface area (Å²) in [6.07, 6.45) is 1.73. The van der Waals surface area contributed by atoms with Crippen molar-refractivity contribution in [3.05, 3.63) is 60.2 Å². The second-order valence-electron chi connectivity index (χ2n) is 5.76.